The molecule has 0 aliphatic carbocycles. The van der Waals surface area contributed by atoms with Crippen molar-refractivity contribution in [2.45, 2.75) is 0 Å². The number of hydrogen-bond acceptors (Lipinski definition) is 4. The van der Waals surface area contributed by atoms with Crippen LogP contribution in [0.1, 0.15) is 15.9 Å². The molecule has 142 valence electrons. The summed E-state index contributed by atoms with van der Waals surface area (Å²) in [6.07, 6.45) is 3.34. The Labute approximate surface area is 165 Å². The maximum Gasteiger partial charge on any atom is 0.203 e. The second-order valence-electron chi connectivity index (χ2n) is 6.04. The zero-order chi connectivity index (χ0) is 19.9. The molecular formula is C24H22O4. The van der Waals surface area contributed by atoms with Gasteiger partial charge in [-0.3, -0.25) is 4.79 Å². The molecule has 0 aliphatic rings. The van der Waals surface area contributed by atoms with Crippen LogP contribution >= 0.6 is 0 Å². The van der Waals surface area contributed by atoms with Crippen LogP contribution in [0, 0.1) is 0 Å². The van der Waals surface area contributed by atoms with Crippen molar-refractivity contribution in [3.8, 4) is 28.4 Å². The van der Waals surface area contributed by atoms with Crippen molar-refractivity contribution >= 4 is 11.9 Å². The number of rotatable bonds is 7. The molecule has 3 rings (SSSR count). The van der Waals surface area contributed by atoms with E-state index >= 15 is 0 Å². The van der Waals surface area contributed by atoms with Crippen molar-refractivity contribution in [3.63, 3.8) is 0 Å². The smallest absolute Gasteiger partial charge is 0.203 e. The van der Waals surface area contributed by atoms with E-state index in [1.54, 1.807) is 45.6 Å². The fraction of sp³-hybridized carbons (Fsp3) is 0.125. The van der Waals surface area contributed by atoms with Crippen LogP contribution in [0.4, 0.5) is 0 Å². The number of methoxy groups -OCH3 is 3. The van der Waals surface area contributed by atoms with Gasteiger partial charge in [0.15, 0.2) is 17.3 Å². The SMILES string of the molecule is COc1cc(/C=C/C(=O)c2ccccc2)c(-c2ccccc2)c(OC)c1OC. The van der Waals surface area contributed by atoms with Crippen LogP contribution in [0.2, 0.25) is 0 Å². The van der Waals surface area contributed by atoms with Crippen molar-refractivity contribution < 1.29 is 19.0 Å². The molecule has 0 unspecified atom stereocenters. The van der Waals surface area contributed by atoms with E-state index in [0.717, 1.165) is 16.7 Å². The van der Waals surface area contributed by atoms with E-state index in [1.807, 2.05) is 54.6 Å². The predicted molar refractivity (Wildman–Crippen MR) is 111 cm³/mol. The monoisotopic (exact) mass is 374 g/mol. The third-order valence-electron chi connectivity index (χ3n) is 4.40. The standard InChI is InChI=1S/C24H22O4/c1-26-21-16-19(14-15-20(25)17-10-6-4-7-11-17)22(18-12-8-5-9-13-18)24(28-3)23(21)27-2/h4-16H,1-3H3/b15-14+. The van der Waals surface area contributed by atoms with Crippen molar-refractivity contribution in [3.05, 3.63) is 83.9 Å². The Hall–Kier alpha value is -3.53. The summed E-state index contributed by atoms with van der Waals surface area (Å²) in [5.41, 5.74) is 3.21. The van der Waals surface area contributed by atoms with Crippen LogP contribution in [0.25, 0.3) is 17.2 Å². The molecular weight excluding hydrogens is 352 g/mol. The zero-order valence-electron chi connectivity index (χ0n) is 16.1. The van der Waals surface area contributed by atoms with E-state index in [9.17, 15) is 4.79 Å². The van der Waals surface area contributed by atoms with Crippen LogP contribution < -0.4 is 14.2 Å². The summed E-state index contributed by atoms with van der Waals surface area (Å²) < 4.78 is 16.7. The lowest BCUT2D eigenvalue weighted by atomic mass is 9.96. The van der Waals surface area contributed by atoms with Gasteiger partial charge in [-0.1, -0.05) is 66.7 Å². The molecule has 0 amide bonds. The Morgan fingerprint density at radius 2 is 1.39 bits per heavy atom. The van der Waals surface area contributed by atoms with Crippen molar-refractivity contribution in [1.29, 1.82) is 0 Å². The first-order chi connectivity index (χ1) is 13.7. The van der Waals surface area contributed by atoms with Crippen molar-refractivity contribution in [2.75, 3.05) is 21.3 Å². The Morgan fingerprint density at radius 3 is 1.96 bits per heavy atom. The molecule has 3 aromatic rings. The number of hydrogen-bond donors (Lipinski definition) is 0. The Kier molecular flexibility index (Phi) is 6.12. The van der Waals surface area contributed by atoms with Crippen LogP contribution in [0.3, 0.4) is 0 Å². The highest BCUT2D eigenvalue weighted by atomic mass is 16.5. The fourth-order valence-electron chi connectivity index (χ4n) is 3.07. The normalized spacial score (nSPS) is 10.7. The molecule has 28 heavy (non-hydrogen) atoms. The molecule has 0 atom stereocenters. The maximum absolute atomic E-state index is 12.5. The molecule has 0 fully saturated rings. The highest BCUT2D eigenvalue weighted by Crippen LogP contribution is 2.47. The number of carbonyl (C=O) groups is 1. The summed E-state index contributed by atoms with van der Waals surface area (Å²) in [5.74, 6) is 1.52. The molecule has 0 bridgehead atoms. The maximum atomic E-state index is 12.5. The zero-order valence-corrected chi connectivity index (χ0v) is 16.1. The highest BCUT2D eigenvalue weighted by molar-refractivity contribution is 6.07. The van der Waals surface area contributed by atoms with Gasteiger partial charge in [0, 0.05) is 11.1 Å². The Morgan fingerprint density at radius 1 is 0.786 bits per heavy atom. The summed E-state index contributed by atoms with van der Waals surface area (Å²) in [4.78, 5) is 12.5. The molecule has 0 N–H and O–H groups in total. The van der Waals surface area contributed by atoms with E-state index < -0.39 is 0 Å². The molecule has 0 aromatic heterocycles. The fourth-order valence-corrected chi connectivity index (χ4v) is 3.07. The van der Waals surface area contributed by atoms with Crippen LogP contribution in [-0.2, 0) is 0 Å². The van der Waals surface area contributed by atoms with Gasteiger partial charge in [-0.25, -0.2) is 0 Å². The first kappa shape index (κ1) is 19.2. The highest BCUT2D eigenvalue weighted by Gasteiger charge is 2.20. The number of allylic oxidation sites excluding steroid dienone is 1. The van der Waals surface area contributed by atoms with Gasteiger partial charge in [-0.2, -0.15) is 0 Å². The minimum atomic E-state index is -0.0756. The molecule has 3 aromatic carbocycles. The van der Waals surface area contributed by atoms with Gasteiger partial charge < -0.3 is 14.2 Å². The molecule has 0 saturated heterocycles. The second kappa shape index (κ2) is 8.91. The van der Waals surface area contributed by atoms with Gasteiger partial charge in [0.1, 0.15) is 0 Å². The molecule has 0 spiro atoms. The third-order valence-corrected chi connectivity index (χ3v) is 4.40. The topological polar surface area (TPSA) is 44.8 Å². The lowest BCUT2D eigenvalue weighted by Gasteiger charge is -2.18. The van der Waals surface area contributed by atoms with Crippen molar-refractivity contribution in [1.82, 2.24) is 0 Å². The molecule has 0 aliphatic heterocycles. The average molecular weight is 374 g/mol. The molecule has 0 heterocycles. The largest absolute Gasteiger partial charge is 0.493 e. The summed E-state index contributed by atoms with van der Waals surface area (Å²) in [6.45, 7) is 0. The molecule has 4 heteroatoms. The number of ketones is 1. The summed E-state index contributed by atoms with van der Waals surface area (Å²) in [7, 11) is 4.73. The van der Waals surface area contributed by atoms with E-state index in [2.05, 4.69) is 0 Å². The van der Waals surface area contributed by atoms with Crippen LogP contribution in [-0.4, -0.2) is 27.1 Å². The minimum absolute atomic E-state index is 0.0756. The van der Waals surface area contributed by atoms with Gasteiger partial charge in [0.05, 0.1) is 21.3 Å². The lowest BCUT2D eigenvalue weighted by molar-refractivity contribution is 0.104. The van der Waals surface area contributed by atoms with Gasteiger partial charge in [0.2, 0.25) is 5.75 Å². The van der Waals surface area contributed by atoms with E-state index in [-0.39, 0.29) is 5.78 Å². The minimum Gasteiger partial charge on any atom is -0.493 e. The summed E-state index contributed by atoms with van der Waals surface area (Å²) >= 11 is 0. The third kappa shape index (κ3) is 3.91. The van der Waals surface area contributed by atoms with Gasteiger partial charge in [-0.05, 0) is 23.3 Å². The van der Waals surface area contributed by atoms with Crippen molar-refractivity contribution in [2.24, 2.45) is 0 Å². The summed E-state index contributed by atoms with van der Waals surface area (Å²) in [6, 6.07) is 20.8. The quantitative estimate of drug-likeness (QED) is 0.417. The predicted octanol–water partition coefficient (Wildman–Crippen LogP) is 5.28. The first-order valence-corrected chi connectivity index (χ1v) is 8.85. The van der Waals surface area contributed by atoms with Gasteiger partial charge in [0.25, 0.3) is 0 Å². The number of benzene rings is 3. The number of ether oxygens (including phenoxy) is 3. The van der Waals surface area contributed by atoms with Gasteiger partial charge >= 0.3 is 0 Å². The Bertz CT molecular complexity index is 976. The summed E-state index contributed by atoms with van der Waals surface area (Å²) in [5, 5.41) is 0. The average Bonchev–Trinajstić information content (AvgIpc) is 2.77. The lowest BCUT2D eigenvalue weighted by Crippen LogP contribution is -2.00. The van der Waals surface area contributed by atoms with Crippen LogP contribution in [0.15, 0.2) is 72.8 Å². The van der Waals surface area contributed by atoms with Crippen LogP contribution in [0.5, 0.6) is 17.2 Å². The number of carbonyl (C=O) groups excluding carboxylic acids is 1. The molecule has 4 nitrogen and oxygen atoms in total. The Balaban J connectivity index is 2.16. The van der Waals surface area contributed by atoms with E-state index in [1.165, 1.54) is 0 Å². The first-order valence-electron chi connectivity index (χ1n) is 8.85. The van der Waals surface area contributed by atoms with E-state index in [4.69, 9.17) is 14.2 Å². The second-order valence-corrected chi connectivity index (χ2v) is 6.04. The molecule has 0 saturated carbocycles. The molecule has 0 radical (unpaired) electrons. The van der Waals surface area contributed by atoms with Gasteiger partial charge in [-0.15, -0.1) is 0 Å². The van der Waals surface area contributed by atoms with E-state index in [0.29, 0.717) is 22.8 Å².